The number of fused-ring (bicyclic) bond motifs is 1. The van der Waals surface area contributed by atoms with Crippen LogP contribution in [-0.2, 0) is 57.6 Å². The number of esters is 1. The van der Waals surface area contributed by atoms with Gasteiger partial charge in [0.1, 0.15) is 23.0 Å². The van der Waals surface area contributed by atoms with Gasteiger partial charge in [-0.3, -0.25) is 28.9 Å². The Kier molecular flexibility index (Phi) is 18.7. The Hall–Kier alpha value is -5.27. The van der Waals surface area contributed by atoms with Crippen molar-refractivity contribution in [3.8, 4) is 0 Å². The lowest BCUT2D eigenvalue weighted by Crippen LogP contribution is -2.54. The number of amides is 4. The smallest absolute Gasteiger partial charge is 0.411 e. The summed E-state index contributed by atoms with van der Waals surface area (Å²) in [4.78, 5) is 99.5. The average molecular weight is 903 g/mol. The van der Waals surface area contributed by atoms with E-state index in [9.17, 15) is 33.6 Å². The average Bonchev–Trinajstić information content (AvgIpc) is 3.23. The zero-order chi connectivity index (χ0) is 48.1. The molecule has 358 valence electrons. The highest BCUT2D eigenvalue weighted by atomic mass is 16.6. The molecular weight excluding hydrogens is 829 g/mol. The number of likely N-dealkylation sites (tertiary alicyclic amines) is 1. The Labute approximate surface area is 386 Å². The van der Waals surface area contributed by atoms with E-state index >= 15 is 0 Å². The van der Waals surface area contributed by atoms with Crippen LogP contribution in [0.4, 0.5) is 9.59 Å². The van der Waals surface area contributed by atoms with E-state index in [1.165, 1.54) is 12.0 Å². The van der Waals surface area contributed by atoms with Gasteiger partial charge in [-0.25, -0.2) is 9.59 Å². The molecule has 4 amide bonds. The molecule has 0 unspecified atom stereocenters. The number of rotatable bonds is 19. The van der Waals surface area contributed by atoms with Crippen LogP contribution in [0.25, 0.3) is 0 Å². The number of hydrogen-bond donors (Lipinski definition) is 2. The molecule has 0 aliphatic carbocycles. The Morgan fingerprint density at radius 3 is 2.02 bits per heavy atom. The van der Waals surface area contributed by atoms with Gasteiger partial charge in [-0.05, 0) is 116 Å². The molecule has 0 radical (unpaired) electrons. The first-order chi connectivity index (χ1) is 30.5. The molecule has 2 aliphatic heterocycles. The minimum absolute atomic E-state index is 0.0172. The highest BCUT2D eigenvalue weighted by Crippen LogP contribution is 2.33. The quantitative estimate of drug-likeness (QED) is 0.0805. The van der Waals surface area contributed by atoms with Crippen LogP contribution >= 0.6 is 0 Å². The third kappa shape index (κ3) is 16.3. The number of methoxy groups -OCH3 is 1. The Bertz CT molecular complexity index is 1960. The van der Waals surface area contributed by atoms with Crippen LogP contribution < -0.4 is 10.6 Å². The van der Waals surface area contributed by atoms with Gasteiger partial charge in [0.15, 0.2) is 5.78 Å². The van der Waals surface area contributed by atoms with Crippen molar-refractivity contribution in [2.45, 2.75) is 156 Å². The monoisotopic (exact) mass is 903 g/mol. The van der Waals surface area contributed by atoms with Crippen LogP contribution in [0.5, 0.6) is 0 Å². The molecule has 14 nitrogen and oxygen atoms in total. The Morgan fingerprint density at radius 1 is 0.800 bits per heavy atom. The van der Waals surface area contributed by atoms with Crippen LogP contribution in [0, 0.1) is 23.2 Å². The predicted octanol–water partition coefficient (Wildman–Crippen LogP) is 7.77. The summed E-state index contributed by atoms with van der Waals surface area (Å²) in [6, 6.07) is 15.3. The Morgan fingerprint density at radius 2 is 1.42 bits per heavy atom. The first-order valence-electron chi connectivity index (χ1n) is 23.3. The number of benzene rings is 2. The lowest BCUT2D eigenvalue weighted by molar-refractivity contribution is -0.156. The van der Waals surface area contributed by atoms with E-state index in [1.807, 2.05) is 75.4 Å². The normalized spacial score (nSPS) is 17.5. The molecule has 14 heteroatoms. The highest BCUT2D eigenvalue weighted by Gasteiger charge is 2.42. The number of carbonyl (C=O) groups is 7. The van der Waals surface area contributed by atoms with E-state index in [4.69, 9.17) is 14.2 Å². The van der Waals surface area contributed by atoms with Crippen molar-refractivity contribution in [1.29, 1.82) is 0 Å². The molecule has 0 aromatic heterocycles. The molecule has 2 aromatic rings. The van der Waals surface area contributed by atoms with Gasteiger partial charge >= 0.3 is 18.2 Å². The summed E-state index contributed by atoms with van der Waals surface area (Å²) in [7, 11) is 1.35. The highest BCUT2D eigenvalue weighted by molar-refractivity contribution is 5.95. The number of ether oxygens (including phenoxy) is 3. The van der Waals surface area contributed by atoms with Gasteiger partial charge in [0.05, 0.1) is 25.1 Å². The SMILES string of the molecule is COC(=O)C1(C)CCN(C(=O)[C@@H](CCCCNC(=O)OC(C)(C)C)NC(=O)[C@H](CC(=O)[C@H](CC(=O)[C@H]2Cc3ccccc3CN2C(=O)OC(C)(C)C)Cc2ccccc2)CC(C)C)CC1. The summed E-state index contributed by atoms with van der Waals surface area (Å²) < 4.78 is 16.1. The molecule has 0 bridgehead atoms. The van der Waals surface area contributed by atoms with E-state index < -0.39 is 58.6 Å². The summed E-state index contributed by atoms with van der Waals surface area (Å²) in [5.41, 5.74) is 0.570. The fourth-order valence-electron chi connectivity index (χ4n) is 8.58. The number of Topliss-reactive ketones (excluding diaryl/α,β-unsaturated/α-hetero) is 2. The van der Waals surface area contributed by atoms with Crippen LogP contribution in [0.1, 0.15) is 130 Å². The second-order valence-corrected chi connectivity index (χ2v) is 20.5. The van der Waals surface area contributed by atoms with Gasteiger partial charge in [0.2, 0.25) is 11.8 Å². The van der Waals surface area contributed by atoms with Gasteiger partial charge in [-0.15, -0.1) is 0 Å². The van der Waals surface area contributed by atoms with E-state index in [2.05, 4.69) is 10.6 Å². The van der Waals surface area contributed by atoms with Crippen LogP contribution in [0.15, 0.2) is 54.6 Å². The predicted molar refractivity (Wildman–Crippen MR) is 247 cm³/mol. The second-order valence-electron chi connectivity index (χ2n) is 20.5. The summed E-state index contributed by atoms with van der Waals surface area (Å²) in [5, 5.41) is 5.77. The van der Waals surface area contributed by atoms with Crippen molar-refractivity contribution < 1.29 is 47.8 Å². The number of nitrogens with one attached hydrogen (secondary N) is 2. The van der Waals surface area contributed by atoms with E-state index in [1.54, 1.807) is 46.4 Å². The second kappa shape index (κ2) is 23.3. The van der Waals surface area contributed by atoms with Crippen molar-refractivity contribution in [2.75, 3.05) is 26.7 Å². The number of alkyl carbamates (subject to hydrolysis) is 1. The van der Waals surface area contributed by atoms with Crippen LogP contribution in [0.2, 0.25) is 0 Å². The molecule has 4 atom stereocenters. The van der Waals surface area contributed by atoms with Crippen molar-refractivity contribution >= 4 is 41.5 Å². The van der Waals surface area contributed by atoms with Gasteiger partial charge in [0, 0.05) is 50.7 Å². The zero-order valence-electron chi connectivity index (χ0n) is 40.5. The van der Waals surface area contributed by atoms with Gasteiger partial charge in [-0.1, -0.05) is 68.4 Å². The first-order valence-corrected chi connectivity index (χ1v) is 23.3. The molecule has 1 fully saturated rings. The lowest BCUT2D eigenvalue weighted by Gasteiger charge is -2.39. The molecule has 0 saturated carbocycles. The van der Waals surface area contributed by atoms with Crippen LogP contribution in [-0.4, -0.2) is 101 Å². The van der Waals surface area contributed by atoms with Crippen molar-refractivity contribution in [2.24, 2.45) is 23.2 Å². The lowest BCUT2D eigenvalue weighted by atomic mass is 9.80. The number of nitrogens with zero attached hydrogens (tertiary/aromatic N) is 2. The molecule has 0 spiro atoms. The third-order valence-corrected chi connectivity index (χ3v) is 12.1. The summed E-state index contributed by atoms with van der Waals surface area (Å²) in [6.07, 6.45) is 1.54. The van der Waals surface area contributed by atoms with Crippen molar-refractivity contribution in [3.63, 3.8) is 0 Å². The van der Waals surface area contributed by atoms with E-state index in [0.29, 0.717) is 51.7 Å². The van der Waals surface area contributed by atoms with Gasteiger partial charge in [-0.2, -0.15) is 0 Å². The number of hydrogen-bond acceptors (Lipinski definition) is 10. The maximum atomic E-state index is 14.7. The largest absolute Gasteiger partial charge is 0.469 e. The van der Waals surface area contributed by atoms with Gasteiger partial charge in [0.25, 0.3) is 0 Å². The molecule has 4 rings (SSSR count). The summed E-state index contributed by atoms with van der Waals surface area (Å²) in [5.74, 6) is -3.14. The first kappa shape index (κ1) is 52.4. The minimum atomic E-state index is -0.925. The maximum Gasteiger partial charge on any atom is 0.411 e. The number of piperidine rings is 1. The topological polar surface area (TPSA) is 178 Å². The molecule has 1 saturated heterocycles. The summed E-state index contributed by atoms with van der Waals surface area (Å²) in [6.45, 7) is 17.5. The number of ketones is 2. The fourth-order valence-corrected chi connectivity index (χ4v) is 8.58. The zero-order valence-corrected chi connectivity index (χ0v) is 40.5. The fraction of sp³-hybridized carbons (Fsp3) is 0.627. The van der Waals surface area contributed by atoms with Crippen molar-refractivity contribution in [3.05, 3.63) is 71.3 Å². The molecule has 2 aliphatic rings. The number of carbonyl (C=O) groups excluding carboxylic acids is 7. The minimum Gasteiger partial charge on any atom is -0.469 e. The number of unbranched alkanes of at least 4 members (excludes halogenated alkanes) is 1. The molecule has 2 aromatic carbocycles. The standard InChI is InChI=1S/C51H74N4O10/c1-34(2)28-39(44(58)53-40(22-16-17-25-52-47(61)64-49(3,4)5)45(59)54-26-23-51(9,24-27-54)46(60)63-10)32-42(56)38(29-35-18-12-11-13-19-35)31-43(57)41-30-36-20-14-15-21-37(36)33-55(41)48(62)65-50(6,7)8/h11-15,18-21,34,38-41H,16-17,22-33H2,1-10H3,(H,52,61)(H,53,58)/t38-,39-,40+,41+/m0/s1. The van der Waals surface area contributed by atoms with E-state index in [-0.39, 0.29) is 68.0 Å². The molecule has 2 heterocycles. The van der Waals surface area contributed by atoms with Crippen molar-refractivity contribution in [1.82, 2.24) is 20.4 Å². The Balaban J connectivity index is 1.56. The van der Waals surface area contributed by atoms with Crippen LogP contribution in [0.3, 0.4) is 0 Å². The maximum absolute atomic E-state index is 14.7. The molecular formula is C51H74N4O10. The van der Waals surface area contributed by atoms with Gasteiger partial charge < -0.3 is 29.7 Å². The summed E-state index contributed by atoms with van der Waals surface area (Å²) >= 11 is 0. The van der Waals surface area contributed by atoms with E-state index in [0.717, 1.165) is 16.7 Å². The molecule has 65 heavy (non-hydrogen) atoms. The molecule has 2 N–H and O–H groups in total. The third-order valence-electron chi connectivity index (χ3n) is 12.1.